The van der Waals surface area contributed by atoms with Gasteiger partial charge in [0, 0.05) is 29.4 Å². The molecule has 4 rings (SSSR count). The van der Waals surface area contributed by atoms with E-state index < -0.39 is 23.7 Å². The molecule has 4 aromatic rings. The SMILES string of the molecule is CCn1ncc(-c2cc(C(F)(F)F)nc3sc(C(N)=O)c(NC(=O)Cn4cc(Br)cn4)c23)c1C. The number of alkyl halides is 3. The number of pyridine rings is 1. The molecule has 4 aromatic heterocycles. The van der Waals surface area contributed by atoms with E-state index in [1.54, 1.807) is 17.8 Å². The van der Waals surface area contributed by atoms with Gasteiger partial charge < -0.3 is 11.1 Å². The Hall–Kier alpha value is -3.26. The van der Waals surface area contributed by atoms with Gasteiger partial charge in [-0.15, -0.1) is 11.3 Å². The van der Waals surface area contributed by atoms with Crippen LogP contribution in [0.25, 0.3) is 21.3 Å². The second kappa shape index (κ2) is 8.83. The molecule has 0 aliphatic carbocycles. The van der Waals surface area contributed by atoms with Gasteiger partial charge in [0.1, 0.15) is 21.9 Å². The summed E-state index contributed by atoms with van der Waals surface area (Å²) in [5.74, 6) is -1.45. The molecule has 0 aliphatic heterocycles. The Morgan fingerprint density at radius 2 is 1.97 bits per heavy atom. The average Bonchev–Trinajstić information content (AvgIpc) is 3.43. The molecule has 4 heterocycles. The van der Waals surface area contributed by atoms with Crippen molar-refractivity contribution in [2.75, 3.05) is 5.32 Å². The molecular weight excluding hydrogens is 539 g/mol. The third-order valence-electron chi connectivity index (χ3n) is 5.04. The van der Waals surface area contributed by atoms with Gasteiger partial charge in [0.05, 0.1) is 22.6 Å². The van der Waals surface area contributed by atoms with Crippen LogP contribution in [-0.4, -0.2) is 36.4 Å². The molecule has 0 radical (unpaired) electrons. The standard InChI is InChI=1S/C20H17BrF3N7O2S/c1-3-31-9(2)12(6-27-31)11-4-13(20(22,23)24)28-19-15(11)16(17(34-19)18(25)33)29-14(32)8-30-7-10(21)5-26-30/h4-7H,3,8H2,1-2H3,(H2,25,33)(H,29,32). The van der Waals surface area contributed by atoms with E-state index in [1.165, 1.54) is 17.1 Å². The third-order valence-corrected chi connectivity index (χ3v) is 6.55. The maximum Gasteiger partial charge on any atom is 0.433 e. The Labute approximate surface area is 202 Å². The zero-order valence-corrected chi connectivity index (χ0v) is 20.2. The molecule has 178 valence electrons. The maximum absolute atomic E-state index is 13.7. The fraction of sp³-hybridized carbons (Fsp3) is 0.250. The van der Waals surface area contributed by atoms with Gasteiger partial charge >= 0.3 is 6.18 Å². The number of amides is 2. The van der Waals surface area contributed by atoms with Crippen LogP contribution in [0.1, 0.15) is 28.0 Å². The lowest BCUT2D eigenvalue weighted by molar-refractivity contribution is -0.140. The molecule has 0 spiro atoms. The molecule has 0 unspecified atom stereocenters. The fourth-order valence-corrected chi connectivity index (χ4v) is 4.86. The van der Waals surface area contributed by atoms with Crippen LogP contribution in [0.4, 0.5) is 18.9 Å². The number of rotatable bonds is 6. The second-order valence-corrected chi connectivity index (χ2v) is 9.18. The summed E-state index contributed by atoms with van der Waals surface area (Å²) in [6.45, 7) is 3.88. The summed E-state index contributed by atoms with van der Waals surface area (Å²) in [4.78, 5) is 28.5. The molecule has 0 fully saturated rings. The molecule has 0 atom stereocenters. The first kappa shape index (κ1) is 23.9. The van der Waals surface area contributed by atoms with Crippen LogP contribution in [0.3, 0.4) is 0 Å². The minimum atomic E-state index is -4.73. The minimum Gasteiger partial charge on any atom is -0.365 e. The van der Waals surface area contributed by atoms with Crippen LogP contribution in [-0.2, 0) is 24.1 Å². The number of hydrogen-bond acceptors (Lipinski definition) is 6. The van der Waals surface area contributed by atoms with Gasteiger partial charge in [0.2, 0.25) is 5.91 Å². The van der Waals surface area contributed by atoms with Gasteiger partial charge in [-0.2, -0.15) is 23.4 Å². The zero-order valence-electron chi connectivity index (χ0n) is 17.8. The van der Waals surface area contributed by atoms with E-state index in [0.717, 1.165) is 6.07 Å². The van der Waals surface area contributed by atoms with Crippen molar-refractivity contribution in [1.82, 2.24) is 24.5 Å². The Balaban J connectivity index is 1.93. The molecule has 34 heavy (non-hydrogen) atoms. The minimum absolute atomic E-state index is 0.00333. The lowest BCUT2D eigenvalue weighted by atomic mass is 10.0. The van der Waals surface area contributed by atoms with Crippen molar-refractivity contribution in [3.05, 3.63) is 45.4 Å². The number of primary amides is 1. The number of anilines is 1. The molecule has 0 bridgehead atoms. The molecular formula is C20H17BrF3N7O2S. The van der Waals surface area contributed by atoms with Crippen molar-refractivity contribution in [3.8, 4) is 11.1 Å². The highest BCUT2D eigenvalue weighted by molar-refractivity contribution is 9.10. The average molecular weight is 556 g/mol. The highest BCUT2D eigenvalue weighted by atomic mass is 79.9. The fourth-order valence-electron chi connectivity index (χ4n) is 3.53. The van der Waals surface area contributed by atoms with Gasteiger partial charge in [-0.05, 0) is 41.4 Å². The third kappa shape index (κ3) is 4.42. The number of fused-ring (bicyclic) bond motifs is 1. The largest absolute Gasteiger partial charge is 0.433 e. The van der Waals surface area contributed by atoms with E-state index in [1.807, 2.05) is 6.92 Å². The highest BCUT2D eigenvalue weighted by Gasteiger charge is 2.35. The zero-order chi connectivity index (χ0) is 24.8. The molecule has 0 saturated carbocycles. The Kier molecular flexibility index (Phi) is 6.20. The number of carbonyl (C=O) groups is 2. The molecule has 0 saturated heterocycles. The number of aromatic nitrogens is 5. The van der Waals surface area contributed by atoms with Gasteiger partial charge in [0.25, 0.3) is 5.91 Å². The van der Waals surface area contributed by atoms with Crippen LogP contribution in [0.2, 0.25) is 0 Å². The number of hydrogen-bond donors (Lipinski definition) is 2. The normalized spacial score (nSPS) is 11.8. The number of nitrogens with zero attached hydrogens (tertiary/aromatic N) is 5. The van der Waals surface area contributed by atoms with Crippen LogP contribution < -0.4 is 11.1 Å². The number of nitrogens with two attached hydrogens (primary N) is 1. The smallest absolute Gasteiger partial charge is 0.365 e. The molecule has 3 N–H and O–H groups in total. The lowest BCUT2D eigenvalue weighted by Gasteiger charge is -2.12. The number of carbonyl (C=O) groups excluding carboxylic acids is 2. The first-order valence-corrected chi connectivity index (χ1v) is 11.5. The highest BCUT2D eigenvalue weighted by Crippen LogP contribution is 2.44. The number of nitrogens with one attached hydrogen (secondary N) is 1. The van der Waals surface area contributed by atoms with Crippen molar-refractivity contribution in [1.29, 1.82) is 0 Å². The summed E-state index contributed by atoms with van der Waals surface area (Å²) in [6, 6.07) is 0.893. The van der Waals surface area contributed by atoms with Gasteiger partial charge in [-0.1, -0.05) is 0 Å². The quantitative estimate of drug-likeness (QED) is 0.369. The van der Waals surface area contributed by atoms with Crippen molar-refractivity contribution in [3.63, 3.8) is 0 Å². The second-order valence-electron chi connectivity index (χ2n) is 7.27. The summed E-state index contributed by atoms with van der Waals surface area (Å²) in [6.07, 6.45) is -0.212. The van der Waals surface area contributed by atoms with Crippen molar-refractivity contribution in [2.24, 2.45) is 5.73 Å². The molecule has 0 aliphatic rings. The van der Waals surface area contributed by atoms with E-state index in [0.29, 0.717) is 33.6 Å². The van der Waals surface area contributed by atoms with E-state index in [9.17, 15) is 22.8 Å². The van der Waals surface area contributed by atoms with Crippen LogP contribution in [0.15, 0.2) is 29.1 Å². The summed E-state index contributed by atoms with van der Waals surface area (Å²) >= 11 is 3.92. The van der Waals surface area contributed by atoms with Crippen molar-refractivity contribution < 1.29 is 22.8 Å². The summed E-state index contributed by atoms with van der Waals surface area (Å²) < 4.78 is 44.6. The molecule has 14 heteroatoms. The van der Waals surface area contributed by atoms with E-state index in [4.69, 9.17) is 5.73 Å². The summed E-state index contributed by atoms with van der Waals surface area (Å²) in [5.41, 5.74) is 5.55. The van der Waals surface area contributed by atoms with Gasteiger partial charge in [0.15, 0.2) is 0 Å². The molecule has 9 nitrogen and oxygen atoms in total. The monoisotopic (exact) mass is 555 g/mol. The summed E-state index contributed by atoms with van der Waals surface area (Å²) in [5, 5.41) is 11.0. The Morgan fingerprint density at radius 1 is 1.24 bits per heavy atom. The Morgan fingerprint density at radius 3 is 2.53 bits per heavy atom. The topological polar surface area (TPSA) is 121 Å². The van der Waals surface area contributed by atoms with Crippen LogP contribution >= 0.6 is 27.3 Å². The first-order valence-electron chi connectivity index (χ1n) is 9.84. The number of halogens is 4. The van der Waals surface area contributed by atoms with E-state index in [-0.39, 0.29) is 32.9 Å². The van der Waals surface area contributed by atoms with E-state index >= 15 is 0 Å². The van der Waals surface area contributed by atoms with Gasteiger partial charge in [-0.3, -0.25) is 19.0 Å². The number of aryl methyl sites for hydroxylation is 1. The van der Waals surface area contributed by atoms with Crippen LogP contribution in [0, 0.1) is 6.92 Å². The predicted octanol–water partition coefficient (Wildman–Crippen LogP) is 4.20. The molecule has 0 aromatic carbocycles. The van der Waals surface area contributed by atoms with E-state index in [2.05, 4.69) is 36.4 Å². The Bertz CT molecular complexity index is 1420. The summed E-state index contributed by atoms with van der Waals surface area (Å²) in [7, 11) is 0. The number of thiophene rings is 1. The van der Waals surface area contributed by atoms with Gasteiger partial charge in [-0.25, -0.2) is 4.98 Å². The maximum atomic E-state index is 13.7. The van der Waals surface area contributed by atoms with Crippen molar-refractivity contribution >= 4 is 55.0 Å². The molecule has 2 amide bonds. The van der Waals surface area contributed by atoms with Crippen LogP contribution in [0.5, 0.6) is 0 Å². The predicted molar refractivity (Wildman–Crippen MR) is 123 cm³/mol. The first-order chi connectivity index (χ1) is 16.0. The lowest BCUT2D eigenvalue weighted by Crippen LogP contribution is -2.21. The van der Waals surface area contributed by atoms with Crippen molar-refractivity contribution in [2.45, 2.75) is 33.1 Å².